The van der Waals surface area contributed by atoms with Crippen LogP contribution < -0.4 is 33.8 Å². The molecule has 0 spiro atoms. The lowest BCUT2D eigenvalue weighted by Gasteiger charge is -1.98. The second-order valence-electron chi connectivity index (χ2n) is 3.60. The van der Waals surface area contributed by atoms with Crippen LogP contribution >= 0.6 is 0 Å². The molecule has 0 heterocycles. The van der Waals surface area contributed by atoms with Gasteiger partial charge in [0.25, 0.3) is 0 Å². The Kier molecular flexibility index (Phi) is 11.8. The molecular formula is C10H24N10. The SMILES string of the molecule is NCCCN=C(N)N/N=C/C=N/NC(N)=NCCCN. The quantitative estimate of drug-likeness (QED) is 0.117. The summed E-state index contributed by atoms with van der Waals surface area (Å²) in [5, 5.41) is 7.55. The van der Waals surface area contributed by atoms with Crippen molar-refractivity contribution in [3.8, 4) is 0 Å². The fourth-order valence-corrected chi connectivity index (χ4v) is 0.926. The summed E-state index contributed by atoms with van der Waals surface area (Å²) >= 11 is 0. The molecule has 10 N–H and O–H groups in total. The van der Waals surface area contributed by atoms with E-state index in [1.54, 1.807) is 0 Å². The fraction of sp³-hybridized carbons (Fsp3) is 0.600. The van der Waals surface area contributed by atoms with Crippen molar-refractivity contribution < 1.29 is 0 Å². The Balaban J connectivity index is 3.80. The van der Waals surface area contributed by atoms with E-state index in [1.165, 1.54) is 12.4 Å². The number of hydrogen-bond acceptors (Lipinski definition) is 6. The van der Waals surface area contributed by atoms with Gasteiger partial charge in [-0.05, 0) is 25.9 Å². The molecule has 0 aliphatic heterocycles. The van der Waals surface area contributed by atoms with Gasteiger partial charge in [-0.1, -0.05) is 0 Å². The highest BCUT2D eigenvalue weighted by Crippen LogP contribution is 1.76. The normalized spacial score (nSPS) is 13.3. The summed E-state index contributed by atoms with van der Waals surface area (Å²) in [5.41, 5.74) is 26.8. The van der Waals surface area contributed by atoms with E-state index in [2.05, 4.69) is 31.0 Å². The van der Waals surface area contributed by atoms with Crippen molar-refractivity contribution in [1.82, 2.24) is 10.9 Å². The molecule has 0 aliphatic rings. The van der Waals surface area contributed by atoms with E-state index >= 15 is 0 Å². The van der Waals surface area contributed by atoms with Crippen molar-refractivity contribution in [2.45, 2.75) is 12.8 Å². The number of aliphatic imine (C=N–C) groups is 2. The van der Waals surface area contributed by atoms with E-state index in [4.69, 9.17) is 22.9 Å². The largest absolute Gasteiger partial charge is 0.369 e. The van der Waals surface area contributed by atoms with Gasteiger partial charge in [0.1, 0.15) is 0 Å². The number of hydrazone groups is 2. The van der Waals surface area contributed by atoms with E-state index < -0.39 is 0 Å². The number of nitrogens with zero attached hydrogens (tertiary/aromatic N) is 4. The minimum absolute atomic E-state index is 0.221. The van der Waals surface area contributed by atoms with Crippen molar-refractivity contribution in [2.75, 3.05) is 26.2 Å². The van der Waals surface area contributed by atoms with Crippen LogP contribution in [0, 0.1) is 0 Å². The van der Waals surface area contributed by atoms with E-state index in [0.717, 1.165) is 12.8 Å². The third-order valence-corrected chi connectivity index (χ3v) is 1.86. The molecule has 0 atom stereocenters. The summed E-state index contributed by atoms with van der Waals surface area (Å²) in [6, 6.07) is 0. The standard InChI is InChI=1S/C10H24N10/c11-3-1-5-15-9(13)19-17-7-8-18-20-10(14)16-6-2-4-12/h7-8H,1-6,11-12H2,(H3,13,15,19)(H3,14,16,20)/b17-7+,18-8+. The van der Waals surface area contributed by atoms with Gasteiger partial charge in [0.2, 0.25) is 11.9 Å². The highest BCUT2D eigenvalue weighted by atomic mass is 15.4. The zero-order valence-electron chi connectivity index (χ0n) is 11.5. The number of nitrogens with two attached hydrogens (primary N) is 4. The summed E-state index contributed by atoms with van der Waals surface area (Å²) < 4.78 is 0. The molecule has 20 heavy (non-hydrogen) atoms. The van der Waals surface area contributed by atoms with Crippen LogP contribution in [0.4, 0.5) is 0 Å². The van der Waals surface area contributed by atoms with Gasteiger partial charge in [-0.3, -0.25) is 9.98 Å². The lowest BCUT2D eigenvalue weighted by molar-refractivity contribution is 0.833. The Morgan fingerprint density at radius 1 is 0.800 bits per heavy atom. The first-order valence-corrected chi connectivity index (χ1v) is 6.27. The zero-order valence-corrected chi connectivity index (χ0v) is 11.5. The first kappa shape index (κ1) is 17.8. The molecule has 0 saturated carbocycles. The van der Waals surface area contributed by atoms with Crippen molar-refractivity contribution in [3.63, 3.8) is 0 Å². The van der Waals surface area contributed by atoms with Gasteiger partial charge in [-0.2, -0.15) is 10.2 Å². The maximum Gasteiger partial charge on any atom is 0.209 e. The summed E-state index contributed by atoms with van der Waals surface area (Å²) in [6.45, 7) is 2.28. The average Bonchev–Trinajstić information content (AvgIpc) is 2.43. The average molecular weight is 284 g/mol. The predicted molar refractivity (Wildman–Crippen MR) is 83.6 cm³/mol. The Morgan fingerprint density at radius 3 is 1.55 bits per heavy atom. The highest BCUT2D eigenvalue weighted by molar-refractivity contribution is 6.16. The van der Waals surface area contributed by atoms with Gasteiger partial charge in [-0.15, -0.1) is 0 Å². The molecule has 0 aromatic carbocycles. The van der Waals surface area contributed by atoms with Crippen LogP contribution in [0.1, 0.15) is 12.8 Å². The van der Waals surface area contributed by atoms with Crippen molar-refractivity contribution in [1.29, 1.82) is 0 Å². The van der Waals surface area contributed by atoms with Gasteiger partial charge >= 0.3 is 0 Å². The van der Waals surface area contributed by atoms with Crippen LogP contribution in [-0.2, 0) is 0 Å². The second kappa shape index (κ2) is 13.2. The maximum atomic E-state index is 5.52. The summed E-state index contributed by atoms with van der Waals surface area (Å²) in [5.74, 6) is 0.442. The molecule has 0 saturated heterocycles. The molecule has 0 unspecified atom stereocenters. The smallest absolute Gasteiger partial charge is 0.209 e. The molecular weight excluding hydrogens is 260 g/mol. The Hall–Kier alpha value is -2.20. The lowest BCUT2D eigenvalue weighted by Crippen LogP contribution is -2.28. The third-order valence-electron chi connectivity index (χ3n) is 1.86. The van der Waals surface area contributed by atoms with E-state index in [9.17, 15) is 0 Å². The monoisotopic (exact) mass is 284 g/mol. The number of guanidine groups is 2. The van der Waals surface area contributed by atoms with E-state index in [1.807, 2.05) is 0 Å². The number of hydrogen-bond donors (Lipinski definition) is 6. The minimum atomic E-state index is 0.221. The van der Waals surface area contributed by atoms with Crippen LogP contribution in [0.5, 0.6) is 0 Å². The molecule has 0 rings (SSSR count). The van der Waals surface area contributed by atoms with E-state index in [-0.39, 0.29) is 11.9 Å². The molecule has 0 aromatic heterocycles. The van der Waals surface area contributed by atoms with Crippen LogP contribution in [0.15, 0.2) is 20.2 Å². The van der Waals surface area contributed by atoms with Crippen LogP contribution in [-0.4, -0.2) is 50.5 Å². The van der Waals surface area contributed by atoms with Crippen molar-refractivity contribution in [2.24, 2.45) is 43.1 Å². The Morgan fingerprint density at radius 2 is 1.20 bits per heavy atom. The number of rotatable bonds is 9. The van der Waals surface area contributed by atoms with Gasteiger partial charge in [-0.25, -0.2) is 10.9 Å². The maximum absolute atomic E-state index is 5.52. The predicted octanol–water partition coefficient (Wildman–Crippen LogP) is -2.54. The van der Waals surface area contributed by atoms with Crippen LogP contribution in [0.25, 0.3) is 0 Å². The van der Waals surface area contributed by atoms with Crippen molar-refractivity contribution >= 4 is 24.3 Å². The zero-order chi connectivity index (χ0) is 15.1. The molecule has 0 radical (unpaired) electrons. The third kappa shape index (κ3) is 12.3. The summed E-state index contributed by atoms with van der Waals surface area (Å²) in [6.07, 6.45) is 4.34. The number of nitrogens with one attached hydrogen (secondary N) is 2. The van der Waals surface area contributed by atoms with Gasteiger partial charge in [0, 0.05) is 13.1 Å². The molecule has 10 nitrogen and oxygen atoms in total. The van der Waals surface area contributed by atoms with Gasteiger partial charge < -0.3 is 22.9 Å². The molecule has 114 valence electrons. The van der Waals surface area contributed by atoms with Gasteiger partial charge in [0.05, 0.1) is 12.4 Å². The molecule has 0 aliphatic carbocycles. The molecule has 0 aromatic rings. The summed E-state index contributed by atoms with van der Waals surface area (Å²) in [4.78, 5) is 7.96. The first-order valence-electron chi connectivity index (χ1n) is 6.27. The van der Waals surface area contributed by atoms with Crippen LogP contribution in [0.2, 0.25) is 0 Å². The highest BCUT2D eigenvalue weighted by Gasteiger charge is 1.87. The first-order chi connectivity index (χ1) is 9.70. The molecule has 0 bridgehead atoms. The van der Waals surface area contributed by atoms with Crippen LogP contribution in [0.3, 0.4) is 0 Å². The van der Waals surface area contributed by atoms with Crippen molar-refractivity contribution in [3.05, 3.63) is 0 Å². The Bertz CT molecular complexity index is 312. The molecule has 0 fully saturated rings. The minimum Gasteiger partial charge on any atom is -0.369 e. The topological polar surface area (TPSA) is 178 Å². The molecule has 10 heteroatoms. The fourth-order valence-electron chi connectivity index (χ4n) is 0.926. The summed E-state index contributed by atoms with van der Waals surface area (Å²) in [7, 11) is 0. The lowest BCUT2D eigenvalue weighted by atomic mass is 10.4. The Labute approximate surface area is 118 Å². The second-order valence-corrected chi connectivity index (χ2v) is 3.60. The molecule has 0 amide bonds. The van der Waals surface area contributed by atoms with Gasteiger partial charge in [0.15, 0.2) is 0 Å². The van der Waals surface area contributed by atoms with E-state index in [0.29, 0.717) is 26.2 Å².